The first kappa shape index (κ1) is 25.2. The summed E-state index contributed by atoms with van der Waals surface area (Å²) in [5, 5.41) is 22.6. The van der Waals surface area contributed by atoms with Gasteiger partial charge in [-0.3, -0.25) is 34.7 Å². The van der Waals surface area contributed by atoms with Crippen molar-refractivity contribution in [2.75, 3.05) is 0 Å². The second-order valence-electron chi connectivity index (χ2n) is 7.34. The summed E-state index contributed by atoms with van der Waals surface area (Å²) in [7, 11) is 0. The molecule has 0 radical (unpaired) electrons. The molecule has 1 aliphatic heterocycles. The summed E-state index contributed by atoms with van der Waals surface area (Å²) in [5.41, 5.74) is 0.0341. The highest BCUT2D eigenvalue weighted by Gasteiger charge is 2.35. The van der Waals surface area contributed by atoms with Gasteiger partial charge in [-0.2, -0.15) is 0 Å². The Labute approximate surface area is 217 Å². The number of nitrogens with zero attached hydrogens (tertiary/aromatic N) is 3. The zero-order valence-electron chi connectivity index (χ0n) is 17.9. The molecule has 13 heteroatoms. The van der Waals surface area contributed by atoms with E-state index in [9.17, 15) is 29.8 Å². The third-order valence-corrected chi connectivity index (χ3v) is 6.45. The van der Waals surface area contributed by atoms with Crippen molar-refractivity contribution in [2.24, 2.45) is 0 Å². The number of rotatable bonds is 7. The van der Waals surface area contributed by atoms with E-state index in [1.807, 2.05) is 0 Å². The summed E-state index contributed by atoms with van der Waals surface area (Å²) < 4.78 is 5.59. The quantitative estimate of drug-likeness (QED) is 0.179. The van der Waals surface area contributed by atoms with Crippen LogP contribution in [0.3, 0.4) is 0 Å². The molecule has 0 spiro atoms. The van der Waals surface area contributed by atoms with Crippen molar-refractivity contribution in [1.82, 2.24) is 4.90 Å². The highest BCUT2D eigenvalue weighted by Crippen LogP contribution is 2.37. The number of nitro groups is 2. The maximum Gasteiger partial charge on any atom is 0.318 e. The van der Waals surface area contributed by atoms with Gasteiger partial charge in [0.05, 0.1) is 27.4 Å². The summed E-state index contributed by atoms with van der Waals surface area (Å²) in [5.74, 6) is -0.510. The highest BCUT2D eigenvalue weighted by molar-refractivity contribution is 8.18. The molecule has 1 heterocycles. The van der Waals surface area contributed by atoms with E-state index in [4.69, 9.17) is 27.9 Å². The number of benzene rings is 3. The summed E-state index contributed by atoms with van der Waals surface area (Å²) in [6.07, 6.45) is 1.49. The summed E-state index contributed by atoms with van der Waals surface area (Å²) >= 11 is 12.8. The lowest BCUT2D eigenvalue weighted by molar-refractivity contribution is -0.394. The van der Waals surface area contributed by atoms with Crippen LogP contribution < -0.4 is 4.74 Å². The lowest BCUT2D eigenvalue weighted by Crippen LogP contribution is -2.27. The first-order valence-electron chi connectivity index (χ1n) is 10.0. The molecule has 182 valence electrons. The molecule has 0 bridgehead atoms. The van der Waals surface area contributed by atoms with Crippen molar-refractivity contribution in [1.29, 1.82) is 0 Å². The maximum atomic E-state index is 12.9. The molecule has 0 aliphatic carbocycles. The molecule has 10 nitrogen and oxygen atoms in total. The van der Waals surface area contributed by atoms with Gasteiger partial charge in [0, 0.05) is 16.1 Å². The fourth-order valence-electron chi connectivity index (χ4n) is 3.25. The molecule has 1 fully saturated rings. The van der Waals surface area contributed by atoms with Gasteiger partial charge in [0.1, 0.15) is 5.75 Å². The smallest absolute Gasteiger partial charge is 0.318 e. The zero-order chi connectivity index (χ0) is 26.0. The molecule has 0 unspecified atom stereocenters. The van der Waals surface area contributed by atoms with Crippen molar-refractivity contribution in [3.05, 3.63) is 107 Å². The van der Waals surface area contributed by atoms with Crippen LogP contribution in [0.2, 0.25) is 10.0 Å². The Morgan fingerprint density at radius 2 is 1.75 bits per heavy atom. The minimum absolute atomic E-state index is 0.0228. The molecule has 0 saturated carbocycles. The Kier molecular flexibility index (Phi) is 7.25. The number of nitro benzene ring substituents is 2. The number of thioether (sulfide) groups is 1. The van der Waals surface area contributed by atoms with Crippen molar-refractivity contribution in [3.63, 3.8) is 0 Å². The monoisotopic (exact) mass is 545 g/mol. The topological polar surface area (TPSA) is 133 Å². The van der Waals surface area contributed by atoms with Gasteiger partial charge >= 0.3 is 5.69 Å². The first-order chi connectivity index (χ1) is 17.1. The van der Waals surface area contributed by atoms with Crippen LogP contribution in [-0.4, -0.2) is 25.9 Å². The van der Waals surface area contributed by atoms with Crippen molar-refractivity contribution in [3.8, 4) is 11.5 Å². The molecule has 3 aromatic rings. The predicted octanol–water partition coefficient (Wildman–Crippen LogP) is 6.84. The lowest BCUT2D eigenvalue weighted by Gasteiger charge is -2.13. The van der Waals surface area contributed by atoms with E-state index in [1.165, 1.54) is 24.3 Å². The van der Waals surface area contributed by atoms with Crippen LogP contribution in [0.5, 0.6) is 11.5 Å². The van der Waals surface area contributed by atoms with E-state index < -0.39 is 32.4 Å². The van der Waals surface area contributed by atoms with Crippen molar-refractivity contribution in [2.45, 2.75) is 6.54 Å². The first-order valence-corrected chi connectivity index (χ1v) is 11.6. The lowest BCUT2D eigenvalue weighted by atomic mass is 10.2. The van der Waals surface area contributed by atoms with Crippen LogP contribution >= 0.6 is 35.0 Å². The van der Waals surface area contributed by atoms with E-state index >= 15 is 0 Å². The molecular weight excluding hydrogens is 533 g/mol. The Morgan fingerprint density at radius 1 is 0.972 bits per heavy atom. The predicted molar refractivity (Wildman–Crippen MR) is 134 cm³/mol. The van der Waals surface area contributed by atoms with Gasteiger partial charge in [-0.15, -0.1) is 0 Å². The summed E-state index contributed by atoms with van der Waals surface area (Å²) in [6.45, 7) is -0.0228. The zero-order valence-corrected chi connectivity index (χ0v) is 20.2. The van der Waals surface area contributed by atoms with Gasteiger partial charge in [-0.05, 0) is 59.3 Å². The Bertz CT molecular complexity index is 1460. The number of non-ortho nitro benzene ring substituents is 1. The van der Waals surface area contributed by atoms with Crippen molar-refractivity contribution < 1.29 is 24.2 Å². The van der Waals surface area contributed by atoms with Gasteiger partial charge in [0.25, 0.3) is 16.8 Å². The minimum atomic E-state index is -0.783. The minimum Gasteiger partial charge on any atom is -0.450 e. The Balaban J connectivity index is 1.55. The molecular formula is C23H13Cl2N3O7S. The van der Waals surface area contributed by atoms with E-state index in [0.717, 1.165) is 34.9 Å². The number of carbonyl (C=O) groups is 2. The van der Waals surface area contributed by atoms with Crippen LogP contribution in [0.4, 0.5) is 16.2 Å². The SMILES string of the molecule is O=C1S/C(=C\c2cccc(Oc3ccc([N+](=O)[O-])cc3[N+](=O)[O-])c2)C(=O)N1Cc1ccc(Cl)cc1Cl. The molecule has 4 rings (SSSR count). The third kappa shape index (κ3) is 5.48. The number of amides is 2. The number of imide groups is 1. The largest absolute Gasteiger partial charge is 0.450 e. The average molecular weight is 546 g/mol. The molecule has 3 aromatic carbocycles. The summed E-state index contributed by atoms with van der Waals surface area (Å²) in [6, 6.07) is 14.1. The molecule has 0 N–H and O–H groups in total. The van der Waals surface area contributed by atoms with Crippen molar-refractivity contribution >= 4 is 63.6 Å². The maximum absolute atomic E-state index is 12.9. The molecule has 2 amide bonds. The number of hydrogen-bond donors (Lipinski definition) is 0. The van der Waals surface area contributed by atoms with E-state index in [-0.39, 0.29) is 22.9 Å². The number of carbonyl (C=O) groups excluding carboxylic acids is 2. The van der Waals surface area contributed by atoms with Gasteiger partial charge in [-0.25, -0.2) is 0 Å². The second-order valence-corrected chi connectivity index (χ2v) is 9.18. The third-order valence-electron chi connectivity index (χ3n) is 4.95. The van der Waals surface area contributed by atoms with E-state index in [0.29, 0.717) is 21.2 Å². The molecule has 0 atom stereocenters. The van der Waals surface area contributed by atoms with E-state index in [1.54, 1.807) is 24.3 Å². The van der Waals surface area contributed by atoms with Crippen LogP contribution in [0, 0.1) is 20.2 Å². The Hall–Kier alpha value is -3.93. The normalized spacial score (nSPS) is 14.4. The van der Waals surface area contributed by atoms with Gasteiger partial charge < -0.3 is 4.74 Å². The molecule has 0 aromatic heterocycles. The number of hydrogen-bond acceptors (Lipinski definition) is 8. The van der Waals surface area contributed by atoms with Crippen LogP contribution in [-0.2, 0) is 11.3 Å². The van der Waals surface area contributed by atoms with Gasteiger partial charge in [0.15, 0.2) is 0 Å². The van der Waals surface area contributed by atoms with Gasteiger partial charge in [-0.1, -0.05) is 41.4 Å². The Morgan fingerprint density at radius 3 is 2.44 bits per heavy atom. The van der Waals surface area contributed by atoms with Gasteiger partial charge in [0.2, 0.25) is 5.75 Å². The fourth-order valence-corrected chi connectivity index (χ4v) is 4.56. The molecule has 36 heavy (non-hydrogen) atoms. The standard InChI is InChI=1S/C23H13Cl2N3O7S/c24-15-5-4-14(18(25)10-15)12-26-22(29)21(36-23(26)30)9-13-2-1-3-17(8-13)35-20-7-6-16(27(31)32)11-19(20)28(33)34/h1-11H,12H2/b21-9-. The molecule has 1 aliphatic rings. The number of halogens is 2. The summed E-state index contributed by atoms with van der Waals surface area (Å²) in [4.78, 5) is 47.3. The van der Waals surface area contributed by atoms with E-state index in [2.05, 4.69) is 0 Å². The fraction of sp³-hybridized carbons (Fsp3) is 0.0435. The van der Waals surface area contributed by atoms with Crippen LogP contribution in [0.25, 0.3) is 6.08 Å². The number of ether oxygens (including phenoxy) is 1. The van der Waals surface area contributed by atoms with Crippen LogP contribution in [0.1, 0.15) is 11.1 Å². The second kappa shape index (κ2) is 10.4. The van der Waals surface area contributed by atoms with Crippen LogP contribution in [0.15, 0.2) is 65.6 Å². The highest BCUT2D eigenvalue weighted by atomic mass is 35.5. The molecule has 1 saturated heterocycles. The average Bonchev–Trinajstić information content (AvgIpc) is 3.08.